The number of carboxylic acid groups (broad SMARTS) is 1. The molecule has 5 nitrogen and oxygen atoms in total. The molecule has 1 aliphatic heterocycles. The number of aryl methyl sites for hydroxylation is 1. The maximum atomic E-state index is 11.6. The van der Waals surface area contributed by atoms with E-state index in [0.29, 0.717) is 6.54 Å². The fraction of sp³-hybridized carbons (Fsp3) is 0.733. The van der Waals surface area contributed by atoms with Crippen molar-refractivity contribution in [3.8, 4) is 0 Å². The lowest BCUT2D eigenvalue weighted by atomic mass is 9.76. The van der Waals surface area contributed by atoms with Crippen LogP contribution in [0.5, 0.6) is 0 Å². The predicted octanol–water partition coefficient (Wildman–Crippen LogP) is 2.24. The number of imidazole rings is 1. The van der Waals surface area contributed by atoms with Gasteiger partial charge < -0.3 is 14.6 Å². The molecule has 1 fully saturated rings. The van der Waals surface area contributed by atoms with E-state index >= 15 is 0 Å². The quantitative estimate of drug-likeness (QED) is 0.831. The van der Waals surface area contributed by atoms with Gasteiger partial charge in [-0.15, -0.1) is 0 Å². The van der Waals surface area contributed by atoms with Crippen LogP contribution in [0.4, 0.5) is 0 Å². The summed E-state index contributed by atoms with van der Waals surface area (Å²) < 4.78 is 2.07. The normalized spacial score (nSPS) is 23.9. The first-order valence-electron chi connectivity index (χ1n) is 7.58. The zero-order chi connectivity index (χ0) is 14.4. The van der Waals surface area contributed by atoms with Crippen LogP contribution in [0.3, 0.4) is 0 Å². The molecule has 1 saturated heterocycles. The van der Waals surface area contributed by atoms with E-state index in [0.717, 1.165) is 51.7 Å². The topological polar surface area (TPSA) is 58.4 Å². The van der Waals surface area contributed by atoms with E-state index in [2.05, 4.69) is 21.4 Å². The van der Waals surface area contributed by atoms with Crippen LogP contribution in [0.25, 0.3) is 0 Å². The molecule has 20 heavy (non-hydrogen) atoms. The van der Waals surface area contributed by atoms with Gasteiger partial charge in [0.25, 0.3) is 0 Å². The van der Waals surface area contributed by atoms with Crippen molar-refractivity contribution in [2.75, 3.05) is 19.6 Å². The molecule has 5 heteroatoms. The van der Waals surface area contributed by atoms with Crippen molar-refractivity contribution in [2.45, 2.75) is 45.6 Å². The molecule has 0 radical (unpaired) electrons. The molecule has 0 saturated carbocycles. The van der Waals surface area contributed by atoms with E-state index in [4.69, 9.17) is 0 Å². The summed E-state index contributed by atoms with van der Waals surface area (Å²) in [5, 5.41) is 9.57. The highest BCUT2D eigenvalue weighted by atomic mass is 16.4. The predicted molar refractivity (Wildman–Crippen MR) is 77.5 cm³/mol. The number of aromatic nitrogens is 2. The van der Waals surface area contributed by atoms with E-state index in [1.807, 2.05) is 12.5 Å². The summed E-state index contributed by atoms with van der Waals surface area (Å²) in [5.74, 6) is -0.612. The molecule has 1 N–H and O–H groups in total. The maximum Gasteiger partial charge on any atom is 0.310 e. The molecule has 0 aliphatic carbocycles. The van der Waals surface area contributed by atoms with Gasteiger partial charge in [-0.1, -0.05) is 13.3 Å². The van der Waals surface area contributed by atoms with E-state index in [1.54, 1.807) is 6.20 Å². The summed E-state index contributed by atoms with van der Waals surface area (Å²) in [6.07, 6.45) is 10.2. The number of hydrogen-bond acceptors (Lipinski definition) is 3. The third-order valence-electron chi connectivity index (χ3n) is 4.29. The Kier molecular flexibility index (Phi) is 5.17. The van der Waals surface area contributed by atoms with Gasteiger partial charge in [0, 0.05) is 25.5 Å². The van der Waals surface area contributed by atoms with Gasteiger partial charge in [0.05, 0.1) is 11.7 Å². The SMILES string of the molecule is CCCC1(C(=O)O)CCCN(CCCn2ccnc2)C1. The maximum absolute atomic E-state index is 11.6. The molecule has 0 amide bonds. The van der Waals surface area contributed by atoms with Crippen molar-refractivity contribution < 1.29 is 9.90 Å². The summed E-state index contributed by atoms with van der Waals surface area (Å²) >= 11 is 0. The molecule has 1 atom stereocenters. The van der Waals surface area contributed by atoms with Gasteiger partial charge >= 0.3 is 5.97 Å². The fourth-order valence-electron chi connectivity index (χ4n) is 3.28. The Morgan fingerprint density at radius 1 is 1.45 bits per heavy atom. The lowest BCUT2D eigenvalue weighted by Gasteiger charge is -2.40. The molecule has 112 valence electrons. The van der Waals surface area contributed by atoms with Crippen LogP contribution in [0.1, 0.15) is 39.0 Å². The second-order valence-electron chi connectivity index (χ2n) is 5.87. The van der Waals surface area contributed by atoms with E-state index in [-0.39, 0.29) is 0 Å². The molecular weight excluding hydrogens is 254 g/mol. The Morgan fingerprint density at radius 2 is 2.30 bits per heavy atom. The average Bonchev–Trinajstić information content (AvgIpc) is 2.92. The van der Waals surface area contributed by atoms with Crippen LogP contribution in [-0.4, -0.2) is 45.2 Å². The standard InChI is InChI=1S/C15H25N3O2/c1-2-5-15(14(19)20)6-3-8-17(12-15)9-4-10-18-11-7-16-13-18/h7,11,13H,2-6,8-10,12H2,1H3,(H,19,20). The van der Waals surface area contributed by atoms with Crippen LogP contribution in [0.2, 0.25) is 0 Å². The first kappa shape index (κ1) is 15.0. The number of likely N-dealkylation sites (tertiary alicyclic amines) is 1. The summed E-state index contributed by atoms with van der Waals surface area (Å²) in [5.41, 5.74) is -0.512. The highest BCUT2D eigenvalue weighted by Crippen LogP contribution is 2.35. The van der Waals surface area contributed by atoms with Crippen LogP contribution >= 0.6 is 0 Å². The lowest BCUT2D eigenvalue weighted by molar-refractivity contribution is -0.153. The highest BCUT2D eigenvalue weighted by molar-refractivity contribution is 5.75. The minimum atomic E-state index is -0.612. The van der Waals surface area contributed by atoms with E-state index < -0.39 is 11.4 Å². The minimum absolute atomic E-state index is 0.512. The molecule has 0 spiro atoms. The van der Waals surface area contributed by atoms with Gasteiger partial charge in [-0.3, -0.25) is 4.79 Å². The molecule has 1 aromatic rings. The number of nitrogens with zero attached hydrogens (tertiary/aromatic N) is 3. The first-order chi connectivity index (χ1) is 9.66. The second-order valence-corrected chi connectivity index (χ2v) is 5.87. The number of piperidine rings is 1. The van der Waals surface area contributed by atoms with Crippen LogP contribution in [-0.2, 0) is 11.3 Å². The Hall–Kier alpha value is -1.36. The van der Waals surface area contributed by atoms with Gasteiger partial charge in [-0.2, -0.15) is 0 Å². The number of carbonyl (C=O) groups is 1. The number of rotatable bonds is 7. The lowest BCUT2D eigenvalue weighted by Crippen LogP contribution is -2.48. The van der Waals surface area contributed by atoms with Crippen molar-refractivity contribution in [1.29, 1.82) is 0 Å². The van der Waals surface area contributed by atoms with Crippen molar-refractivity contribution in [1.82, 2.24) is 14.5 Å². The molecule has 1 aromatic heterocycles. The van der Waals surface area contributed by atoms with Gasteiger partial charge in [0.2, 0.25) is 0 Å². The molecule has 0 aromatic carbocycles. The Balaban J connectivity index is 1.84. The largest absolute Gasteiger partial charge is 0.481 e. The number of carboxylic acids is 1. The average molecular weight is 279 g/mol. The monoisotopic (exact) mass is 279 g/mol. The van der Waals surface area contributed by atoms with Crippen molar-refractivity contribution >= 4 is 5.97 Å². The van der Waals surface area contributed by atoms with Crippen molar-refractivity contribution in [3.63, 3.8) is 0 Å². The van der Waals surface area contributed by atoms with Crippen molar-refractivity contribution in [3.05, 3.63) is 18.7 Å². The second kappa shape index (κ2) is 6.88. The summed E-state index contributed by atoms with van der Waals surface area (Å²) in [6, 6.07) is 0. The van der Waals surface area contributed by atoms with Crippen molar-refractivity contribution in [2.24, 2.45) is 5.41 Å². The van der Waals surface area contributed by atoms with E-state index in [1.165, 1.54) is 0 Å². The first-order valence-corrected chi connectivity index (χ1v) is 7.58. The third-order valence-corrected chi connectivity index (χ3v) is 4.29. The fourth-order valence-corrected chi connectivity index (χ4v) is 3.28. The third kappa shape index (κ3) is 3.60. The molecule has 2 rings (SSSR count). The smallest absolute Gasteiger partial charge is 0.310 e. The summed E-state index contributed by atoms with van der Waals surface area (Å²) in [6.45, 7) is 5.73. The zero-order valence-corrected chi connectivity index (χ0v) is 12.3. The highest BCUT2D eigenvalue weighted by Gasteiger charge is 2.41. The Bertz CT molecular complexity index is 415. The summed E-state index contributed by atoms with van der Waals surface area (Å²) in [4.78, 5) is 18.0. The summed E-state index contributed by atoms with van der Waals surface area (Å²) in [7, 11) is 0. The molecule has 2 heterocycles. The van der Waals surface area contributed by atoms with Crippen LogP contribution in [0.15, 0.2) is 18.7 Å². The van der Waals surface area contributed by atoms with Gasteiger partial charge in [-0.05, 0) is 38.8 Å². The Morgan fingerprint density at radius 3 is 2.95 bits per heavy atom. The number of hydrogen-bond donors (Lipinski definition) is 1. The molecule has 1 unspecified atom stereocenters. The van der Waals surface area contributed by atoms with Crippen LogP contribution < -0.4 is 0 Å². The Labute approximate surface area is 120 Å². The minimum Gasteiger partial charge on any atom is -0.481 e. The van der Waals surface area contributed by atoms with Crippen LogP contribution in [0, 0.1) is 5.41 Å². The zero-order valence-electron chi connectivity index (χ0n) is 12.3. The molecule has 1 aliphatic rings. The van der Waals surface area contributed by atoms with Gasteiger partial charge in [-0.25, -0.2) is 4.98 Å². The van der Waals surface area contributed by atoms with Gasteiger partial charge in [0.1, 0.15) is 0 Å². The molecule has 0 bridgehead atoms. The van der Waals surface area contributed by atoms with E-state index in [9.17, 15) is 9.90 Å². The van der Waals surface area contributed by atoms with Gasteiger partial charge in [0.15, 0.2) is 0 Å². The number of aliphatic carboxylic acids is 1. The molecular formula is C15H25N3O2.